The summed E-state index contributed by atoms with van der Waals surface area (Å²) in [4.78, 5) is 14.8. The maximum Gasteiger partial charge on any atom is 0.340 e. The number of hydrazone groups is 1. The van der Waals surface area contributed by atoms with Gasteiger partial charge in [0.15, 0.2) is 0 Å². The zero-order valence-electron chi connectivity index (χ0n) is 16.3. The maximum absolute atomic E-state index is 13.9. The average Bonchev–Trinajstić information content (AvgIpc) is 3.11. The first kappa shape index (κ1) is 19.2. The van der Waals surface area contributed by atoms with Crippen LogP contribution >= 0.6 is 0 Å². The molecular weight excluding hydrogens is 375 g/mol. The molecule has 8 heteroatoms. The Labute approximate surface area is 168 Å². The smallest absolute Gasteiger partial charge is 0.340 e. The Morgan fingerprint density at radius 1 is 1.38 bits per heavy atom. The Hall–Kier alpha value is -3.13. The second-order valence-corrected chi connectivity index (χ2v) is 7.24. The fraction of sp³-hybridized carbons (Fsp3) is 0.333. The van der Waals surface area contributed by atoms with E-state index in [-0.39, 0.29) is 23.5 Å². The Morgan fingerprint density at radius 3 is 2.97 bits per heavy atom. The molecule has 0 saturated heterocycles. The van der Waals surface area contributed by atoms with Gasteiger partial charge in [-0.2, -0.15) is 5.10 Å². The van der Waals surface area contributed by atoms with Gasteiger partial charge in [0.1, 0.15) is 17.3 Å². The molecule has 2 aromatic carbocycles. The second kappa shape index (κ2) is 7.71. The number of phenolic OH excluding ortho intramolecular Hbond substituents is 1. The molecule has 2 aliphatic heterocycles. The first-order chi connectivity index (χ1) is 14.0. The number of hydrogen-bond donors (Lipinski definition) is 2. The highest BCUT2D eigenvalue weighted by atomic mass is 19.1. The Balaban J connectivity index is 1.76. The molecule has 0 aromatic heterocycles. The van der Waals surface area contributed by atoms with Crippen LogP contribution in [0.2, 0.25) is 0 Å². The molecule has 7 nitrogen and oxygen atoms in total. The minimum Gasteiger partial charge on any atom is -0.508 e. The molecule has 152 valence electrons. The number of nitrogens with zero attached hydrogens (tertiary/aromatic N) is 3. The number of hydrogen-bond acceptors (Lipinski definition) is 5. The van der Waals surface area contributed by atoms with Crippen LogP contribution in [0.5, 0.6) is 11.5 Å². The SMILES string of the molecule is CNCCN(C)C(=O)N1N=C2c3cc(F)ccc3OCC2C1c1cccc(O)c1. The molecule has 0 radical (unpaired) electrons. The van der Waals surface area contributed by atoms with Crippen molar-refractivity contribution in [2.24, 2.45) is 11.0 Å². The molecule has 4 rings (SSSR count). The topological polar surface area (TPSA) is 77.4 Å². The van der Waals surface area contributed by atoms with E-state index in [0.717, 1.165) is 5.56 Å². The minimum atomic E-state index is -0.460. The number of likely N-dealkylation sites (N-methyl/N-ethyl adjacent to an activating group) is 2. The van der Waals surface area contributed by atoms with E-state index in [1.165, 1.54) is 17.1 Å². The summed E-state index contributed by atoms with van der Waals surface area (Å²) in [5.74, 6) is -0.00257. The van der Waals surface area contributed by atoms with Crippen LogP contribution in [0.25, 0.3) is 0 Å². The van der Waals surface area contributed by atoms with E-state index in [4.69, 9.17) is 4.74 Å². The number of aromatic hydroxyl groups is 1. The Morgan fingerprint density at radius 2 is 2.21 bits per heavy atom. The third-order valence-electron chi connectivity index (χ3n) is 5.28. The van der Waals surface area contributed by atoms with E-state index in [2.05, 4.69) is 10.4 Å². The van der Waals surface area contributed by atoms with Crippen molar-refractivity contribution in [3.63, 3.8) is 0 Å². The normalized spacial score (nSPS) is 19.8. The summed E-state index contributed by atoms with van der Waals surface area (Å²) in [5, 5.41) is 19.0. The van der Waals surface area contributed by atoms with E-state index in [1.807, 2.05) is 13.1 Å². The number of urea groups is 1. The lowest BCUT2D eigenvalue weighted by atomic mass is 9.86. The number of fused-ring (bicyclic) bond motifs is 3. The summed E-state index contributed by atoms with van der Waals surface area (Å²) in [6, 6.07) is 10.4. The fourth-order valence-corrected chi connectivity index (χ4v) is 3.80. The van der Waals surface area contributed by atoms with E-state index in [0.29, 0.717) is 36.7 Å². The van der Waals surface area contributed by atoms with Crippen molar-refractivity contribution in [2.45, 2.75) is 6.04 Å². The van der Waals surface area contributed by atoms with E-state index in [9.17, 15) is 14.3 Å². The highest BCUT2D eigenvalue weighted by Gasteiger charge is 2.45. The van der Waals surface area contributed by atoms with Crippen molar-refractivity contribution in [3.8, 4) is 11.5 Å². The predicted molar refractivity (Wildman–Crippen MR) is 107 cm³/mol. The van der Waals surface area contributed by atoms with Gasteiger partial charge in [-0.05, 0) is 42.9 Å². The molecule has 2 unspecified atom stereocenters. The number of amides is 2. The highest BCUT2D eigenvalue weighted by Crippen LogP contribution is 2.43. The summed E-state index contributed by atoms with van der Waals surface area (Å²) in [7, 11) is 3.53. The molecule has 0 aliphatic carbocycles. The number of carbonyl (C=O) groups is 1. The molecule has 2 heterocycles. The van der Waals surface area contributed by atoms with Crippen LogP contribution in [-0.2, 0) is 0 Å². The number of ether oxygens (including phenoxy) is 1. The molecule has 2 aromatic rings. The summed E-state index contributed by atoms with van der Waals surface area (Å²) in [5.41, 5.74) is 1.92. The van der Waals surface area contributed by atoms with Crippen LogP contribution in [0.1, 0.15) is 17.2 Å². The Bertz CT molecular complexity index is 965. The zero-order chi connectivity index (χ0) is 20.5. The molecule has 2 atom stereocenters. The summed E-state index contributed by atoms with van der Waals surface area (Å²) in [6.45, 7) is 1.46. The van der Waals surface area contributed by atoms with Crippen LogP contribution in [0.15, 0.2) is 47.6 Å². The average molecular weight is 398 g/mol. The number of nitrogens with one attached hydrogen (secondary N) is 1. The first-order valence-corrected chi connectivity index (χ1v) is 9.48. The summed E-state index contributed by atoms with van der Waals surface area (Å²) < 4.78 is 19.8. The van der Waals surface area contributed by atoms with Gasteiger partial charge in [0.2, 0.25) is 0 Å². The third kappa shape index (κ3) is 3.51. The number of rotatable bonds is 4. The molecular formula is C21H23FN4O3. The lowest BCUT2D eigenvalue weighted by molar-refractivity contribution is 0.133. The lowest BCUT2D eigenvalue weighted by Crippen LogP contribution is -2.43. The van der Waals surface area contributed by atoms with Gasteiger partial charge < -0.3 is 20.1 Å². The van der Waals surface area contributed by atoms with Crippen molar-refractivity contribution in [1.29, 1.82) is 0 Å². The lowest BCUT2D eigenvalue weighted by Gasteiger charge is -2.31. The number of benzene rings is 2. The van der Waals surface area contributed by atoms with Gasteiger partial charge in [-0.15, -0.1) is 0 Å². The number of halogens is 1. The molecule has 29 heavy (non-hydrogen) atoms. The molecule has 0 fully saturated rings. The molecule has 0 saturated carbocycles. The number of carbonyl (C=O) groups excluding carboxylic acids is 1. The van der Waals surface area contributed by atoms with Crippen LogP contribution in [-0.4, -0.2) is 60.5 Å². The zero-order valence-corrected chi connectivity index (χ0v) is 16.3. The third-order valence-corrected chi connectivity index (χ3v) is 5.28. The molecule has 2 aliphatic rings. The molecule has 0 spiro atoms. The molecule has 2 N–H and O–H groups in total. The van der Waals surface area contributed by atoms with Crippen molar-refractivity contribution in [1.82, 2.24) is 15.2 Å². The minimum absolute atomic E-state index is 0.107. The molecule has 2 amide bonds. The van der Waals surface area contributed by atoms with Gasteiger partial charge >= 0.3 is 6.03 Å². The quantitative estimate of drug-likeness (QED) is 0.830. The van der Waals surface area contributed by atoms with Crippen molar-refractivity contribution in [3.05, 3.63) is 59.4 Å². The van der Waals surface area contributed by atoms with Gasteiger partial charge in [0, 0.05) is 25.7 Å². The monoisotopic (exact) mass is 398 g/mol. The first-order valence-electron chi connectivity index (χ1n) is 9.48. The largest absolute Gasteiger partial charge is 0.508 e. The van der Waals surface area contributed by atoms with Gasteiger partial charge in [-0.25, -0.2) is 14.2 Å². The highest BCUT2D eigenvalue weighted by molar-refractivity contribution is 6.07. The van der Waals surface area contributed by atoms with Gasteiger partial charge in [-0.3, -0.25) is 0 Å². The van der Waals surface area contributed by atoms with E-state index < -0.39 is 6.04 Å². The van der Waals surface area contributed by atoms with Crippen molar-refractivity contribution in [2.75, 3.05) is 33.8 Å². The van der Waals surface area contributed by atoms with Crippen molar-refractivity contribution < 1.29 is 19.0 Å². The van der Waals surface area contributed by atoms with Crippen LogP contribution in [0, 0.1) is 11.7 Å². The summed E-state index contributed by atoms with van der Waals surface area (Å²) in [6.07, 6.45) is 0. The van der Waals surface area contributed by atoms with Crippen LogP contribution < -0.4 is 10.1 Å². The fourth-order valence-electron chi connectivity index (χ4n) is 3.80. The Kier molecular flexibility index (Phi) is 5.10. The summed E-state index contributed by atoms with van der Waals surface area (Å²) >= 11 is 0. The van der Waals surface area contributed by atoms with Crippen molar-refractivity contribution >= 4 is 11.7 Å². The predicted octanol–water partition coefficient (Wildman–Crippen LogP) is 2.57. The standard InChI is InChI=1S/C21H23FN4O3/c1-23-8-9-25(2)21(28)26-20(13-4-3-5-15(27)10-13)17-12-29-18-7-6-14(22)11-16(18)19(17)24-26/h3-7,10-11,17,20,23,27H,8-9,12H2,1-2H3. The van der Waals surface area contributed by atoms with Crippen LogP contribution in [0.4, 0.5) is 9.18 Å². The number of phenols is 1. The van der Waals surface area contributed by atoms with E-state index >= 15 is 0 Å². The molecule has 0 bridgehead atoms. The van der Waals surface area contributed by atoms with Gasteiger partial charge in [0.05, 0.1) is 24.3 Å². The van der Waals surface area contributed by atoms with Crippen LogP contribution in [0.3, 0.4) is 0 Å². The van der Waals surface area contributed by atoms with Gasteiger partial charge in [0.25, 0.3) is 0 Å². The van der Waals surface area contributed by atoms with Gasteiger partial charge in [-0.1, -0.05) is 12.1 Å². The second-order valence-electron chi connectivity index (χ2n) is 7.24. The van der Waals surface area contributed by atoms with E-state index in [1.54, 1.807) is 36.2 Å². The maximum atomic E-state index is 13.9.